The van der Waals surface area contributed by atoms with Crippen LogP contribution in [0.3, 0.4) is 0 Å². The Kier molecular flexibility index (Phi) is 10.0. The average Bonchev–Trinajstić information content (AvgIpc) is 3.18. The molecule has 2 aliphatic rings. The topological polar surface area (TPSA) is 82.1 Å². The normalized spacial score (nSPS) is 16.9. The lowest BCUT2D eigenvalue weighted by Gasteiger charge is -2.31. The smallest absolute Gasteiger partial charge is 0.242 e. The van der Waals surface area contributed by atoms with Crippen LogP contribution >= 0.6 is 0 Å². The summed E-state index contributed by atoms with van der Waals surface area (Å²) in [5.74, 6) is 0.736. The maximum Gasteiger partial charge on any atom is 0.242 e. The average molecular weight is 527 g/mol. The van der Waals surface area contributed by atoms with Crippen LogP contribution in [0.25, 0.3) is 11.3 Å². The molecule has 0 atom stereocenters. The highest BCUT2D eigenvalue weighted by atomic mass is 19.1. The lowest BCUT2D eigenvalue weighted by atomic mass is 10.1. The molecule has 4 rings (SSSR count). The van der Waals surface area contributed by atoms with Crippen LogP contribution in [-0.4, -0.2) is 109 Å². The van der Waals surface area contributed by atoms with Crippen molar-refractivity contribution in [1.82, 2.24) is 24.9 Å². The molecule has 0 saturated carbocycles. The quantitative estimate of drug-likeness (QED) is 0.497. The summed E-state index contributed by atoms with van der Waals surface area (Å²) in [5, 5.41) is 8.72. The molecular formula is C28H39FN6O3. The third kappa shape index (κ3) is 7.94. The number of anilines is 1. The molecule has 0 aliphatic carbocycles. The van der Waals surface area contributed by atoms with Gasteiger partial charge >= 0.3 is 0 Å². The second-order valence-corrected chi connectivity index (χ2v) is 10.4. The Morgan fingerprint density at radius 2 is 1.74 bits per heavy atom. The molecule has 0 bridgehead atoms. The number of carbonyl (C=O) groups excluding carboxylic acids is 2. The van der Waals surface area contributed by atoms with Crippen molar-refractivity contribution in [2.45, 2.75) is 26.7 Å². The molecule has 38 heavy (non-hydrogen) atoms. The number of hydrogen-bond acceptors (Lipinski definition) is 7. The summed E-state index contributed by atoms with van der Waals surface area (Å²) in [6.07, 6.45) is 1.25. The van der Waals surface area contributed by atoms with Crippen molar-refractivity contribution in [3.63, 3.8) is 0 Å². The molecule has 9 nitrogen and oxygen atoms in total. The number of carbonyl (C=O) groups is 2. The highest BCUT2D eigenvalue weighted by Gasteiger charge is 2.25. The van der Waals surface area contributed by atoms with Gasteiger partial charge in [0.2, 0.25) is 11.8 Å². The van der Waals surface area contributed by atoms with E-state index in [0.29, 0.717) is 51.5 Å². The number of hydrogen-bond donors (Lipinski definition) is 0. The van der Waals surface area contributed by atoms with E-state index in [-0.39, 0.29) is 30.1 Å². The predicted molar refractivity (Wildman–Crippen MR) is 144 cm³/mol. The molecule has 1 aromatic carbocycles. The van der Waals surface area contributed by atoms with Crippen LogP contribution in [0.4, 0.5) is 10.2 Å². The summed E-state index contributed by atoms with van der Waals surface area (Å²) < 4.78 is 18.6. The third-order valence-corrected chi connectivity index (χ3v) is 7.01. The van der Waals surface area contributed by atoms with Gasteiger partial charge in [-0.2, -0.15) is 0 Å². The van der Waals surface area contributed by atoms with Crippen LogP contribution < -0.4 is 4.90 Å². The summed E-state index contributed by atoms with van der Waals surface area (Å²) >= 11 is 0. The molecule has 206 valence electrons. The Morgan fingerprint density at radius 3 is 2.42 bits per heavy atom. The fourth-order valence-corrected chi connectivity index (χ4v) is 4.78. The van der Waals surface area contributed by atoms with E-state index in [1.54, 1.807) is 17.0 Å². The molecule has 1 aromatic heterocycles. The Hall–Kier alpha value is -3.11. The van der Waals surface area contributed by atoms with Gasteiger partial charge < -0.3 is 19.4 Å². The molecule has 2 aliphatic heterocycles. The van der Waals surface area contributed by atoms with Crippen LogP contribution in [0.1, 0.15) is 26.7 Å². The molecule has 3 heterocycles. The zero-order chi connectivity index (χ0) is 26.9. The summed E-state index contributed by atoms with van der Waals surface area (Å²) in [5.41, 5.74) is 1.49. The fourth-order valence-electron chi connectivity index (χ4n) is 4.78. The molecule has 0 N–H and O–H groups in total. The monoisotopic (exact) mass is 526 g/mol. The van der Waals surface area contributed by atoms with Crippen molar-refractivity contribution in [3.8, 4) is 11.3 Å². The summed E-state index contributed by atoms with van der Waals surface area (Å²) in [7, 11) is 0. The van der Waals surface area contributed by atoms with Gasteiger partial charge in [0.1, 0.15) is 5.82 Å². The predicted octanol–water partition coefficient (Wildman–Crippen LogP) is 2.53. The zero-order valence-electron chi connectivity index (χ0n) is 22.5. The minimum Gasteiger partial charge on any atom is -0.379 e. The second-order valence-electron chi connectivity index (χ2n) is 10.4. The molecule has 2 aromatic rings. The van der Waals surface area contributed by atoms with E-state index in [2.05, 4.69) is 20.0 Å². The van der Waals surface area contributed by atoms with Gasteiger partial charge in [-0.1, -0.05) is 13.8 Å². The highest BCUT2D eigenvalue weighted by Crippen LogP contribution is 2.20. The maximum absolute atomic E-state index is 13.3. The number of morpholine rings is 1. The van der Waals surface area contributed by atoms with Crippen molar-refractivity contribution in [3.05, 3.63) is 42.2 Å². The van der Waals surface area contributed by atoms with E-state index in [4.69, 9.17) is 4.74 Å². The van der Waals surface area contributed by atoms with Crippen molar-refractivity contribution in [2.75, 3.05) is 77.0 Å². The number of nitrogens with zero attached hydrogens (tertiary/aromatic N) is 6. The molecule has 2 saturated heterocycles. The minimum absolute atomic E-state index is 0.0105. The molecule has 0 spiro atoms. The van der Waals surface area contributed by atoms with Gasteiger partial charge in [0.05, 0.1) is 25.5 Å². The van der Waals surface area contributed by atoms with E-state index in [1.165, 1.54) is 12.1 Å². The molecule has 0 unspecified atom stereocenters. The van der Waals surface area contributed by atoms with E-state index < -0.39 is 0 Å². The Labute approximate surface area is 224 Å². The van der Waals surface area contributed by atoms with Crippen molar-refractivity contribution in [1.29, 1.82) is 0 Å². The van der Waals surface area contributed by atoms with E-state index in [9.17, 15) is 14.0 Å². The van der Waals surface area contributed by atoms with E-state index in [1.807, 2.05) is 30.9 Å². The Morgan fingerprint density at radius 1 is 0.974 bits per heavy atom. The van der Waals surface area contributed by atoms with Gasteiger partial charge in [-0.15, -0.1) is 10.2 Å². The number of halogens is 1. The van der Waals surface area contributed by atoms with Gasteiger partial charge in [-0.25, -0.2) is 4.39 Å². The third-order valence-electron chi connectivity index (χ3n) is 7.01. The Balaban J connectivity index is 1.33. The molecule has 0 radical (unpaired) electrons. The van der Waals surface area contributed by atoms with Gasteiger partial charge in [-0.3, -0.25) is 14.5 Å². The summed E-state index contributed by atoms with van der Waals surface area (Å²) in [6.45, 7) is 11.2. The standard InChI is InChI=1S/C28H39FN6O3/c1-22(2)20-27(36)35(13-12-32-16-18-38-19-17-32)21-28(37)34-11-3-10-33(14-15-34)26-9-8-25(30-31-26)23-4-6-24(29)7-5-23/h4-9,22H,3,10-21H2,1-2H3. The number of benzene rings is 1. The molecule has 2 amide bonds. The number of rotatable bonds is 9. The summed E-state index contributed by atoms with van der Waals surface area (Å²) in [6, 6.07) is 9.99. The van der Waals surface area contributed by atoms with Gasteiger partial charge in [0.25, 0.3) is 0 Å². The van der Waals surface area contributed by atoms with Gasteiger partial charge in [0.15, 0.2) is 5.82 Å². The first-order chi connectivity index (χ1) is 18.4. The number of ether oxygens (including phenoxy) is 1. The highest BCUT2D eigenvalue weighted by molar-refractivity contribution is 5.85. The molecule has 10 heteroatoms. The van der Waals surface area contributed by atoms with Gasteiger partial charge in [-0.05, 0) is 48.7 Å². The van der Waals surface area contributed by atoms with Crippen LogP contribution in [0.5, 0.6) is 0 Å². The maximum atomic E-state index is 13.3. The van der Waals surface area contributed by atoms with Crippen molar-refractivity contribution < 1.29 is 18.7 Å². The molecule has 2 fully saturated rings. The van der Waals surface area contributed by atoms with Gasteiger partial charge in [0, 0.05) is 64.3 Å². The van der Waals surface area contributed by atoms with Crippen LogP contribution in [-0.2, 0) is 14.3 Å². The van der Waals surface area contributed by atoms with E-state index >= 15 is 0 Å². The largest absolute Gasteiger partial charge is 0.379 e. The SMILES string of the molecule is CC(C)CC(=O)N(CCN1CCOCC1)CC(=O)N1CCCN(c2ccc(-c3ccc(F)cc3)nn2)CC1. The minimum atomic E-state index is -0.286. The first-order valence-corrected chi connectivity index (χ1v) is 13.6. The second kappa shape index (κ2) is 13.6. The number of amides is 2. The molecular weight excluding hydrogens is 487 g/mol. The van der Waals surface area contributed by atoms with Crippen LogP contribution in [0, 0.1) is 11.7 Å². The lowest BCUT2D eigenvalue weighted by molar-refractivity contribution is -0.141. The van der Waals surface area contributed by atoms with Crippen LogP contribution in [0.2, 0.25) is 0 Å². The van der Waals surface area contributed by atoms with E-state index in [0.717, 1.165) is 44.0 Å². The summed E-state index contributed by atoms with van der Waals surface area (Å²) in [4.78, 5) is 34.3. The Bertz CT molecular complexity index is 1040. The van der Waals surface area contributed by atoms with Crippen molar-refractivity contribution >= 4 is 17.6 Å². The number of aromatic nitrogens is 2. The first kappa shape index (κ1) is 27.9. The van der Waals surface area contributed by atoms with Crippen molar-refractivity contribution in [2.24, 2.45) is 5.92 Å². The fraction of sp³-hybridized carbons (Fsp3) is 0.571. The zero-order valence-corrected chi connectivity index (χ0v) is 22.5. The first-order valence-electron chi connectivity index (χ1n) is 13.6. The van der Waals surface area contributed by atoms with Crippen LogP contribution in [0.15, 0.2) is 36.4 Å². The lowest BCUT2D eigenvalue weighted by Crippen LogP contribution is -2.48.